The molecule has 3 rings (SSSR count). The maximum Gasteiger partial charge on any atom is 0.201 e. The first-order chi connectivity index (χ1) is 11.1. The standard InChI is InChI=1S/C16H20FN3O2S/c17-15-9-14(8-12-2-1-7-18-16(12)15)19-10-11-3-5-13(6-4-11)20-23(21)22/h1-2,7-9,11,13,19,23H,3-6,10H2,(H,20,21,22)/t11-,13-. The monoisotopic (exact) mass is 337 g/mol. The Labute approximate surface area is 136 Å². The molecule has 2 aromatic rings. The summed E-state index contributed by atoms with van der Waals surface area (Å²) in [6, 6.07) is 7.08. The average molecular weight is 337 g/mol. The van der Waals surface area contributed by atoms with Crippen molar-refractivity contribution in [3.05, 3.63) is 36.3 Å². The first kappa shape index (κ1) is 16.1. The molecule has 1 heterocycles. The van der Waals surface area contributed by atoms with E-state index in [1.807, 2.05) is 12.1 Å². The van der Waals surface area contributed by atoms with Crippen molar-refractivity contribution in [2.24, 2.45) is 5.92 Å². The first-order valence-corrected chi connectivity index (χ1v) is 8.98. The van der Waals surface area contributed by atoms with E-state index < -0.39 is 10.9 Å². The summed E-state index contributed by atoms with van der Waals surface area (Å²) in [7, 11) is -2.52. The zero-order valence-corrected chi connectivity index (χ0v) is 13.6. The summed E-state index contributed by atoms with van der Waals surface area (Å²) in [5, 5.41) is 4.08. The molecule has 0 spiro atoms. The van der Waals surface area contributed by atoms with Gasteiger partial charge in [-0.3, -0.25) is 4.98 Å². The minimum atomic E-state index is -2.52. The Morgan fingerprint density at radius 1 is 1.22 bits per heavy atom. The molecule has 1 aromatic carbocycles. The van der Waals surface area contributed by atoms with Gasteiger partial charge in [0.05, 0.1) is 0 Å². The van der Waals surface area contributed by atoms with E-state index >= 15 is 0 Å². The number of hydrogen-bond donors (Lipinski definition) is 3. The summed E-state index contributed by atoms with van der Waals surface area (Å²) >= 11 is 0. The number of fused-ring (bicyclic) bond motifs is 1. The van der Waals surface area contributed by atoms with Gasteiger partial charge in [-0.1, -0.05) is 6.07 Å². The van der Waals surface area contributed by atoms with E-state index in [0.29, 0.717) is 11.4 Å². The molecular formula is C16H20FN3O2S. The highest BCUT2D eigenvalue weighted by atomic mass is 32.2. The molecule has 0 radical (unpaired) electrons. The summed E-state index contributed by atoms with van der Waals surface area (Å²) in [6.45, 7) is 0.765. The van der Waals surface area contributed by atoms with Crippen molar-refractivity contribution in [3.63, 3.8) is 0 Å². The van der Waals surface area contributed by atoms with Crippen LogP contribution in [0.15, 0.2) is 30.5 Å². The number of nitrogens with one attached hydrogen (secondary N) is 2. The zero-order valence-electron chi connectivity index (χ0n) is 12.7. The zero-order chi connectivity index (χ0) is 16.2. The minimum absolute atomic E-state index is 0.0662. The first-order valence-electron chi connectivity index (χ1n) is 7.80. The molecule has 1 saturated carbocycles. The summed E-state index contributed by atoms with van der Waals surface area (Å²) < 4.78 is 37.9. The van der Waals surface area contributed by atoms with E-state index in [4.69, 9.17) is 0 Å². The molecule has 124 valence electrons. The Morgan fingerprint density at radius 3 is 2.74 bits per heavy atom. The Bertz CT molecular complexity index is 750. The van der Waals surface area contributed by atoms with Crippen LogP contribution in [0.1, 0.15) is 25.7 Å². The molecule has 7 heteroatoms. The van der Waals surface area contributed by atoms with E-state index in [9.17, 15) is 12.8 Å². The highest BCUT2D eigenvalue weighted by Gasteiger charge is 2.21. The lowest BCUT2D eigenvalue weighted by molar-refractivity contribution is 0.325. The molecule has 0 unspecified atom stereocenters. The fraction of sp³-hybridized carbons (Fsp3) is 0.438. The van der Waals surface area contributed by atoms with Crippen LogP contribution in [-0.2, 0) is 10.9 Å². The number of aromatic nitrogens is 1. The van der Waals surface area contributed by atoms with Crippen molar-refractivity contribution < 1.29 is 12.8 Å². The summed E-state index contributed by atoms with van der Waals surface area (Å²) in [4.78, 5) is 4.04. The van der Waals surface area contributed by atoms with Crippen molar-refractivity contribution in [2.45, 2.75) is 31.7 Å². The van der Waals surface area contributed by atoms with Gasteiger partial charge in [-0.25, -0.2) is 17.5 Å². The van der Waals surface area contributed by atoms with Gasteiger partial charge in [-0.2, -0.15) is 0 Å². The predicted molar refractivity (Wildman–Crippen MR) is 89.4 cm³/mol. The molecular weight excluding hydrogens is 317 g/mol. The SMILES string of the molecule is O=[SH](=O)N[C@H]1CC[C@H](CNc2cc(F)c3ncccc3c2)CC1. The molecule has 1 aromatic heterocycles. The van der Waals surface area contributed by atoms with E-state index in [1.54, 1.807) is 12.3 Å². The summed E-state index contributed by atoms with van der Waals surface area (Å²) in [5.41, 5.74) is 1.14. The third-order valence-electron chi connectivity index (χ3n) is 4.39. The highest BCUT2D eigenvalue weighted by molar-refractivity contribution is 7.70. The van der Waals surface area contributed by atoms with Gasteiger partial charge in [0.15, 0.2) is 5.82 Å². The lowest BCUT2D eigenvalue weighted by atomic mass is 9.86. The van der Waals surface area contributed by atoms with Gasteiger partial charge < -0.3 is 5.32 Å². The number of hydrogen-bond acceptors (Lipinski definition) is 4. The Kier molecular flexibility index (Phi) is 5.07. The lowest BCUT2D eigenvalue weighted by Gasteiger charge is -2.28. The maximum atomic E-state index is 14.0. The van der Waals surface area contributed by atoms with E-state index in [1.165, 1.54) is 6.07 Å². The van der Waals surface area contributed by atoms with E-state index in [0.717, 1.165) is 43.3 Å². The average Bonchev–Trinajstić information content (AvgIpc) is 2.54. The van der Waals surface area contributed by atoms with Crippen LogP contribution < -0.4 is 10.0 Å². The van der Waals surface area contributed by atoms with E-state index in [-0.39, 0.29) is 11.9 Å². The van der Waals surface area contributed by atoms with Gasteiger partial charge in [-0.15, -0.1) is 0 Å². The number of nitrogens with zero attached hydrogens (tertiary/aromatic N) is 1. The summed E-state index contributed by atoms with van der Waals surface area (Å²) in [6.07, 6.45) is 5.22. The Morgan fingerprint density at radius 2 is 2.00 bits per heavy atom. The maximum absolute atomic E-state index is 14.0. The predicted octanol–water partition coefficient (Wildman–Crippen LogP) is 2.46. The van der Waals surface area contributed by atoms with Crippen LogP contribution in [0.25, 0.3) is 10.9 Å². The molecule has 1 aliphatic rings. The topological polar surface area (TPSA) is 71.1 Å². The molecule has 23 heavy (non-hydrogen) atoms. The molecule has 1 aliphatic carbocycles. The van der Waals surface area contributed by atoms with Crippen LogP contribution in [0.5, 0.6) is 0 Å². The lowest BCUT2D eigenvalue weighted by Crippen LogP contribution is -2.33. The normalized spacial score (nSPS) is 21.7. The number of anilines is 1. The van der Waals surface area contributed by atoms with Gasteiger partial charge in [0.25, 0.3) is 0 Å². The number of halogens is 1. The highest BCUT2D eigenvalue weighted by Crippen LogP contribution is 2.26. The van der Waals surface area contributed by atoms with Crippen LogP contribution >= 0.6 is 0 Å². The quantitative estimate of drug-likeness (QED) is 0.733. The number of pyridine rings is 1. The largest absolute Gasteiger partial charge is 0.385 e. The molecule has 0 amide bonds. The van der Waals surface area contributed by atoms with Crippen molar-refractivity contribution in [1.29, 1.82) is 0 Å². The molecule has 0 saturated heterocycles. The van der Waals surface area contributed by atoms with Gasteiger partial charge in [0, 0.05) is 29.9 Å². The number of thiol groups is 1. The second kappa shape index (κ2) is 7.23. The van der Waals surface area contributed by atoms with Crippen molar-refractivity contribution in [1.82, 2.24) is 9.71 Å². The number of rotatable bonds is 5. The molecule has 0 bridgehead atoms. The third kappa shape index (κ3) is 4.17. The minimum Gasteiger partial charge on any atom is -0.385 e. The molecule has 0 aliphatic heterocycles. The molecule has 1 fully saturated rings. The van der Waals surface area contributed by atoms with Crippen LogP contribution in [0.3, 0.4) is 0 Å². The van der Waals surface area contributed by atoms with Gasteiger partial charge in [0.1, 0.15) is 5.52 Å². The number of benzene rings is 1. The summed E-state index contributed by atoms with van der Waals surface area (Å²) in [5.74, 6) is 0.156. The van der Waals surface area contributed by atoms with Crippen LogP contribution in [-0.4, -0.2) is 26.0 Å². The fourth-order valence-corrected chi connectivity index (χ4v) is 3.71. The molecule has 5 nitrogen and oxygen atoms in total. The van der Waals surface area contributed by atoms with Crippen LogP contribution in [0.2, 0.25) is 0 Å². The van der Waals surface area contributed by atoms with Crippen molar-refractivity contribution in [2.75, 3.05) is 11.9 Å². The smallest absolute Gasteiger partial charge is 0.201 e. The second-order valence-electron chi connectivity index (χ2n) is 6.02. The molecule has 2 N–H and O–H groups in total. The van der Waals surface area contributed by atoms with E-state index in [2.05, 4.69) is 15.0 Å². The van der Waals surface area contributed by atoms with Gasteiger partial charge in [0.2, 0.25) is 10.9 Å². The Balaban J connectivity index is 1.57. The van der Waals surface area contributed by atoms with Crippen molar-refractivity contribution in [3.8, 4) is 0 Å². The second-order valence-corrected chi connectivity index (χ2v) is 6.79. The third-order valence-corrected chi connectivity index (χ3v) is 4.96. The molecule has 0 atom stereocenters. The van der Waals surface area contributed by atoms with Crippen LogP contribution in [0.4, 0.5) is 10.1 Å². The fourth-order valence-electron chi connectivity index (χ4n) is 3.16. The van der Waals surface area contributed by atoms with Crippen molar-refractivity contribution >= 4 is 27.5 Å². The van der Waals surface area contributed by atoms with Gasteiger partial charge >= 0.3 is 0 Å². The Hall–Kier alpha value is -1.73. The van der Waals surface area contributed by atoms with Crippen LogP contribution in [0, 0.1) is 11.7 Å². The van der Waals surface area contributed by atoms with Gasteiger partial charge in [-0.05, 0) is 49.8 Å².